The molecule has 0 aliphatic rings. The Hall–Kier alpha value is -1.38. The van der Waals surface area contributed by atoms with Crippen LogP contribution in [0.4, 0.5) is 0 Å². The van der Waals surface area contributed by atoms with Crippen molar-refractivity contribution in [3.05, 3.63) is 16.7 Å². The SMILES string of the molecule is CCCCOc1c(C)c(C)c(C)c(O)c1O. The zero-order valence-electron chi connectivity index (χ0n) is 10.4. The maximum atomic E-state index is 9.81. The van der Waals surface area contributed by atoms with Crippen molar-refractivity contribution in [2.75, 3.05) is 6.61 Å². The summed E-state index contributed by atoms with van der Waals surface area (Å²) in [6, 6.07) is 0. The third-order valence-electron chi connectivity index (χ3n) is 3.00. The predicted molar refractivity (Wildman–Crippen MR) is 64.4 cm³/mol. The molecule has 0 unspecified atom stereocenters. The fraction of sp³-hybridized carbons (Fsp3) is 0.538. The summed E-state index contributed by atoms with van der Waals surface area (Å²) in [5, 5.41) is 19.5. The second-order valence-electron chi connectivity index (χ2n) is 4.10. The van der Waals surface area contributed by atoms with Crippen molar-refractivity contribution in [3.8, 4) is 17.2 Å². The Morgan fingerprint density at radius 1 is 0.938 bits per heavy atom. The molecule has 0 saturated carbocycles. The molecule has 0 amide bonds. The van der Waals surface area contributed by atoms with Crippen LogP contribution in [-0.4, -0.2) is 16.8 Å². The van der Waals surface area contributed by atoms with Crippen molar-refractivity contribution in [2.45, 2.75) is 40.5 Å². The average molecular weight is 224 g/mol. The molecule has 16 heavy (non-hydrogen) atoms. The van der Waals surface area contributed by atoms with Gasteiger partial charge < -0.3 is 14.9 Å². The maximum Gasteiger partial charge on any atom is 0.201 e. The van der Waals surface area contributed by atoms with Gasteiger partial charge in [0, 0.05) is 0 Å². The summed E-state index contributed by atoms with van der Waals surface area (Å²) < 4.78 is 5.51. The molecular formula is C13H20O3. The van der Waals surface area contributed by atoms with Gasteiger partial charge in [0.1, 0.15) is 0 Å². The molecule has 1 aromatic carbocycles. The minimum atomic E-state index is -0.142. The highest BCUT2D eigenvalue weighted by Crippen LogP contribution is 2.42. The summed E-state index contributed by atoms with van der Waals surface area (Å²) in [7, 11) is 0. The average Bonchev–Trinajstić information content (AvgIpc) is 2.28. The highest BCUT2D eigenvalue weighted by atomic mass is 16.5. The summed E-state index contributed by atoms with van der Waals surface area (Å²) in [6.07, 6.45) is 1.98. The number of rotatable bonds is 4. The molecule has 0 heterocycles. The molecule has 3 nitrogen and oxygen atoms in total. The van der Waals surface area contributed by atoms with Crippen LogP contribution in [0.5, 0.6) is 17.2 Å². The van der Waals surface area contributed by atoms with Gasteiger partial charge in [-0.15, -0.1) is 0 Å². The van der Waals surface area contributed by atoms with Gasteiger partial charge in [0.05, 0.1) is 6.61 Å². The van der Waals surface area contributed by atoms with E-state index in [9.17, 15) is 10.2 Å². The van der Waals surface area contributed by atoms with Crippen molar-refractivity contribution < 1.29 is 14.9 Å². The number of aromatic hydroxyl groups is 2. The molecule has 0 spiro atoms. The van der Waals surface area contributed by atoms with Crippen LogP contribution in [0.15, 0.2) is 0 Å². The van der Waals surface area contributed by atoms with E-state index in [0.717, 1.165) is 24.0 Å². The Kier molecular flexibility index (Phi) is 4.05. The van der Waals surface area contributed by atoms with Crippen molar-refractivity contribution >= 4 is 0 Å². The first kappa shape index (κ1) is 12.7. The minimum absolute atomic E-state index is 0.0744. The Bertz CT molecular complexity index is 354. The molecule has 0 fully saturated rings. The van der Waals surface area contributed by atoms with E-state index in [-0.39, 0.29) is 11.5 Å². The fourth-order valence-electron chi connectivity index (χ4n) is 1.59. The molecule has 0 aliphatic heterocycles. The van der Waals surface area contributed by atoms with Crippen LogP contribution in [0.3, 0.4) is 0 Å². The molecule has 0 aromatic heterocycles. The van der Waals surface area contributed by atoms with Crippen molar-refractivity contribution in [1.29, 1.82) is 0 Å². The lowest BCUT2D eigenvalue weighted by Gasteiger charge is -2.16. The number of unbranched alkanes of at least 4 members (excludes halogenated alkanes) is 1. The third-order valence-corrected chi connectivity index (χ3v) is 3.00. The van der Waals surface area contributed by atoms with E-state index in [4.69, 9.17) is 4.74 Å². The fourth-order valence-corrected chi connectivity index (χ4v) is 1.59. The topological polar surface area (TPSA) is 49.7 Å². The van der Waals surface area contributed by atoms with E-state index in [1.165, 1.54) is 0 Å². The summed E-state index contributed by atoms with van der Waals surface area (Å²) in [5.41, 5.74) is 2.56. The first-order chi connectivity index (χ1) is 7.50. The molecule has 0 aliphatic carbocycles. The minimum Gasteiger partial charge on any atom is -0.504 e. The van der Waals surface area contributed by atoms with E-state index in [1.807, 2.05) is 13.8 Å². The Morgan fingerprint density at radius 2 is 1.56 bits per heavy atom. The first-order valence-electron chi connectivity index (χ1n) is 5.65. The van der Waals surface area contributed by atoms with Gasteiger partial charge in [0.15, 0.2) is 11.5 Å². The molecule has 1 aromatic rings. The highest BCUT2D eigenvalue weighted by Gasteiger charge is 2.17. The number of benzene rings is 1. The molecule has 3 heteroatoms. The van der Waals surface area contributed by atoms with Gasteiger partial charge in [-0.1, -0.05) is 13.3 Å². The van der Waals surface area contributed by atoms with Crippen molar-refractivity contribution in [3.63, 3.8) is 0 Å². The van der Waals surface area contributed by atoms with Gasteiger partial charge >= 0.3 is 0 Å². The lowest BCUT2D eigenvalue weighted by Crippen LogP contribution is -2.01. The van der Waals surface area contributed by atoms with Crippen LogP contribution in [-0.2, 0) is 0 Å². The summed E-state index contributed by atoms with van der Waals surface area (Å²) in [5.74, 6) is 0.195. The van der Waals surface area contributed by atoms with Gasteiger partial charge in [0.2, 0.25) is 5.75 Å². The Labute approximate surface area is 96.7 Å². The predicted octanol–water partition coefficient (Wildman–Crippen LogP) is 3.20. The summed E-state index contributed by atoms with van der Waals surface area (Å²) in [6.45, 7) is 8.23. The van der Waals surface area contributed by atoms with Crippen LogP contribution in [0, 0.1) is 20.8 Å². The van der Waals surface area contributed by atoms with Gasteiger partial charge in [-0.05, 0) is 43.9 Å². The van der Waals surface area contributed by atoms with Crippen LogP contribution in [0.2, 0.25) is 0 Å². The molecule has 0 saturated heterocycles. The van der Waals surface area contributed by atoms with Crippen LogP contribution in [0.25, 0.3) is 0 Å². The van der Waals surface area contributed by atoms with Gasteiger partial charge in [0.25, 0.3) is 0 Å². The molecule has 90 valence electrons. The Morgan fingerprint density at radius 3 is 2.12 bits per heavy atom. The van der Waals surface area contributed by atoms with E-state index < -0.39 is 0 Å². The summed E-state index contributed by atoms with van der Waals surface area (Å²) >= 11 is 0. The number of ether oxygens (including phenoxy) is 1. The lowest BCUT2D eigenvalue weighted by molar-refractivity contribution is 0.284. The maximum absolute atomic E-state index is 9.81. The van der Waals surface area contributed by atoms with E-state index in [1.54, 1.807) is 6.92 Å². The number of hydrogen-bond donors (Lipinski definition) is 2. The second-order valence-corrected chi connectivity index (χ2v) is 4.10. The molecular weight excluding hydrogens is 204 g/mol. The van der Waals surface area contributed by atoms with Crippen LogP contribution >= 0.6 is 0 Å². The molecule has 0 atom stereocenters. The third kappa shape index (κ3) is 2.23. The van der Waals surface area contributed by atoms with Crippen molar-refractivity contribution in [2.24, 2.45) is 0 Å². The second kappa shape index (κ2) is 5.10. The van der Waals surface area contributed by atoms with Gasteiger partial charge in [-0.2, -0.15) is 0 Å². The van der Waals surface area contributed by atoms with E-state index in [0.29, 0.717) is 17.9 Å². The molecule has 1 rings (SSSR count). The quantitative estimate of drug-likeness (QED) is 0.610. The van der Waals surface area contributed by atoms with Crippen LogP contribution in [0.1, 0.15) is 36.5 Å². The number of phenolic OH excluding ortho intramolecular Hbond substituents is 2. The molecule has 0 bridgehead atoms. The van der Waals surface area contributed by atoms with Crippen LogP contribution < -0.4 is 4.74 Å². The first-order valence-corrected chi connectivity index (χ1v) is 5.65. The van der Waals surface area contributed by atoms with E-state index in [2.05, 4.69) is 6.92 Å². The molecule has 0 radical (unpaired) electrons. The Balaban J connectivity index is 3.08. The van der Waals surface area contributed by atoms with Gasteiger partial charge in [-0.3, -0.25) is 0 Å². The normalized spacial score (nSPS) is 10.5. The highest BCUT2D eigenvalue weighted by molar-refractivity contribution is 5.61. The molecule has 2 N–H and O–H groups in total. The smallest absolute Gasteiger partial charge is 0.201 e. The largest absolute Gasteiger partial charge is 0.504 e. The zero-order valence-corrected chi connectivity index (χ0v) is 10.4. The van der Waals surface area contributed by atoms with Gasteiger partial charge in [-0.25, -0.2) is 0 Å². The zero-order chi connectivity index (χ0) is 12.3. The number of phenols is 2. The lowest BCUT2D eigenvalue weighted by atomic mass is 10.0. The summed E-state index contributed by atoms with van der Waals surface area (Å²) in [4.78, 5) is 0. The van der Waals surface area contributed by atoms with E-state index >= 15 is 0 Å². The van der Waals surface area contributed by atoms with Crippen molar-refractivity contribution in [1.82, 2.24) is 0 Å². The monoisotopic (exact) mass is 224 g/mol. The number of hydrogen-bond acceptors (Lipinski definition) is 3. The standard InChI is InChI=1S/C13H20O3/c1-5-6-7-16-13-10(4)8(2)9(3)11(14)12(13)15/h14-15H,5-7H2,1-4H3.